The summed E-state index contributed by atoms with van der Waals surface area (Å²) in [6.45, 7) is 20.1. The molecule has 1 heterocycles. The van der Waals surface area contributed by atoms with E-state index < -0.39 is 0 Å². The van der Waals surface area contributed by atoms with Crippen LogP contribution in [0.15, 0.2) is 97.1 Å². The zero-order valence-corrected chi connectivity index (χ0v) is 30.1. The minimum atomic E-state index is 1.03. The van der Waals surface area contributed by atoms with E-state index in [2.05, 4.69) is 164 Å². The van der Waals surface area contributed by atoms with Crippen LogP contribution in [0.4, 0.5) is 0 Å². The zero-order valence-electron chi connectivity index (χ0n) is 30.1. The molecule has 7 aromatic rings. The summed E-state index contributed by atoms with van der Waals surface area (Å²) in [6, 6.07) is 37.4. The maximum absolute atomic E-state index is 2.49. The number of aryl methyl sites for hydroxylation is 9. The van der Waals surface area contributed by atoms with E-state index in [1.165, 1.54) is 111 Å². The lowest BCUT2D eigenvalue weighted by Gasteiger charge is -2.17. The van der Waals surface area contributed by atoms with Crippen molar-refractivity contribution in [1.82, 2.24) is 4.57 Å². The van der Waals surface area contributed by atoms with Gasteiger partial charge in [-0.25, -0.2) is 0 Å². The minimum Gasteiger partial charge on any atom is -0.309 e. The van der Waals surface area contributed by atoms with Crippen molar-refractivity contribution >= 4 is 21.8 Å². The summed E-state index contributed by atoms with van der Waals surface area (Å²) >= 11 is 0. The smallest absolute Gasteiger partial charge is 0.0544 e. The lowest BCUT2D eigenvalue weighted by molar-refractivity contribution is 1.08. The van der Waals surface area contributed by atoms with E-state index in [0.29, 0.717) is 0 Å². The Kier molecular flexibility index (Phi) is 8.12. The molecule has 0 saturated carbocycles. The first-order valence-corrected chi connectivity index (χ1v) is 17.6. The Morgan fingerprint density at radius 3 is 1.27 bits per heavy atom. The van der Waals surface area contributed by atoms with Crippen LogP contribution in [-0.4, -0.2) is 4.57 Å². The van der Waals surface area contributed by atoms with Gasteiger partial charge in [-0.1, -0.05) is 91.2 Å². The third-order valence-electron chi connectivity index (χ3n) is 10.4. The molecule has 0 unspecified atom stereocenters. The molecule has 0 spiro atoms. The fraction of sp³-hybridized carbons (Fsp3) is 0.234. The summed E-state index contributed by atoms with van der Waals surface area (Å²) in [5, 5.41) is 2.58. The molecule has 48 heavy (non-hydrogen) atoms. The maximum atomic E-state index is 2.49. The molecule has 1 nitrogen and oxygen atoms in total. The highest BCUT2D eigenvalue weighted by Gasteiger charge is 2.19. The highest BCUT2D eigenvalue weighted by atomic mass is 15.0. The first-order chi connectivity index (χ1) is 23.1. The van der Waals surface area contributed by atoms with Gasteiger partial charge in [-0.3, -0.25) is 0 Å². The zero-order chi connectivity index (χ0) is 33.9. The van der Waals surface area contributed by atoms with Crippen LogP contribution in [0.1, 0.15) is 63.9 Å². The first-order valence-electron chi connectivity index (χ1n) is 17.6. The van der Waals surface area contributed by atoms with Crippen molar-refractivity contribution in [2.45, 2.75) is 75.2 Å². The van der Waals surface area contributed by atoms with Gasteiger partial charge in [0.2, 0.25) is 0 Å². The van der Waals surface area contributed by atoms with E-state index in [-0.39, 0.29) is 0 Å². The molecule has 7 rings (SSSR count). The SMILES string of the molecule is CCc1cc(C)cc(CC)c1-c1ccc(-n2c3cc(C)c(-c4ccc(C)cc4C)cc3c3cc(-c4ccc(C)cc4C)c(C)cc32)cc1. The van der Waals surface area contributed by atoms with Gasteiger partial charge >= 0.3 is 0 Å². The van der Waals surface area contributed by atoms with Crippen LogP contribution in [0.2, 0.25) is 0 Å². The highest BCUT2D eigenvalue weighted by molar-refractivity contribution is 6.12. The van der Waals surface area contributed by atoms with Crippen LogP contribution in [0.25, 0.3) is 60.9 Å². The standard InChI is InChI=1S/C47H47N/c1-10-35-22-30(5)23-36(11-2)47(35)37-14-16-38(17-15-37)48-45-24-33(8)41(39-18-12-28(3)20-31(39)6)26-43(45)44-27-42(34(9)25-46(44)48)40-19-13-29(4)21-32(40)7/h12-27H,10-11H2,1-9H3. The molecule has 0 aliphatic rings. The molecule has 0 bridgehead atoms. The number of benzene rings is 6. The van der Waals surface area contributed by atoms with Crippen LogP contribution in [0.3, 0.4) is 0 Å². The van der Waals surface area contributed by atoms with Crippen molar-refractivity contribution in [3.05, 3.63) is 147 Å². The van der Waals surface area contributed by atoms with Crippen LogP contribution in [-0.2, 0) is 12.8 Å². The second kappa shape index (κ2) is 12.3. The largest absolute Gasteiger partial charge is 0.309 e. The topological polar surface area (TPSA) is 4.93 Å². The van der Waals surface area contributed by atoms with E-state index in [0.717, 1.165) is 12.8 Å². The van der Waals surface area contributed by atoms with Gasteiger partial charge in [-0.2, -0.15) is 0 Å². The molecule has 1 heteroatoms. The molecule has 1 aromatic heterocycles. The van der Waals surface area contributed by atoms with E-state index >= 15 is 0 Å². The van der Waals surface area contributed by atoms with Gasteiger partial charge in [0.1, 0.15) is 0 Å². The fourth-order valence-corrected chi connectivity index (χ4v) is 8.05. The average molecular weight is 626 g/mol. The Balaban J connectivity index is 1.49. The van der Waals surface area contributed by atoms with Crippen LogP contribution < -0.4 is 0 Å². The second-order valence-corrected chi connectivity index (χ2v) is 14.1. The van der Waals surface area contributed by atoms with Gasteiger partial charge < -0.3 is 4.57 Å². The van der Waals surface area contributed by atoms with Crippen molar-refractivity contribution < 1.29 is 0 Å². The predicted octanol–water partition coefficient (Wildman–Crippen LogP) is 13.1. The Labute approximate surface area is 286 Å². The lowest BCUT2D eigenvalue weighted by atomic mass is 9.90. The van der Waals surface area contributed by atoms with Crippen molar-refractivity contribution in [2.75, 3.05) is 0 Å². The summed E-state index contributed by atoms with van der Waals surface area (Å²) < 4.78 is 2.49. The molecule has 6 aromatic carbocycles. The summed E-state index contributed by atoms with van der Waals surface area (Å²) in [5.41, 5.74) is 23.7. The summed E-state index contributed by atoms with van der Waals surface area (Å²) in [6.07, 6.45) is 2.06. The van der Waals surface area contributed by atoms with Crippen molar-refractivity contribution in [1.29, 1.82) is 0 Å². The summed E-state index contributed by atoms with van der Waals surface area (Å²) in [4.78, 5) is 0. The molecule has 240 valence electrons. The number of rotatable bonds is 6. The summed E-state index contributed by atoms with van der Waals surface area (Å²) in [5.74, 6) is 0. The molecule has 0 radical (unpaired) electrons. The van der Waals surface area contributed by atoms with Crippen molar-refractivity contribution in [3.8, 4) is 39.1 Å². The number of fused-ring (bicyclic) bond motifs is 3. The van der Waals surface area contributed by atoms with E-state index in [1.807, 2.05) is 0 Å². The maximum Gasteiger partial charge on any atom is 0.0544 e. The van der Waals surface area contributed by atoms with Gasteiger partial charge in [0, 0.05) is 16.5 Å². The third-order valence-corrected chi connectivity index (χ3v) is 10.4. The number of nitrogens with zero attached hydrogens (tertiary/aromatic N) is 1. The summed E-state index contributed by atoms with van der Waals surface area (Å²) in [7, 11) is 0. The molecule has 0 N–H and O–H groups in total. The first kappa shape index (κ1) is 31.7. The van der Waals surface area contributed by atoms with Crippen molar-refractivity contribution in [2.24, 2.45) is 0 Å². The van der Waals surface area contributed by atoms with Gasteiger partial charge in [0.15, 0.2) is 0 Å². The molecule has 0 aliphatic carbocycles. The molecular formula is C47H47N. The second-order valence-electron chi connectivity index (χ2n) is 14.1. The average Bonchev–Trinajstić information content (AvgIpc) is 3.35. The predicted molar refractivity (Wildman–Crippen MR) is 209 cm³/mol. The van der Waals surface area contributed by atoms with Gasteiger partial charge in [0.25, 0.3) is 0 Å². The molecule has 0 amide bonds. The Hall–Kier alpha value is -4.88. The number of aromatic nitrogens is 1. The van der Waals surface area contributed by atoms with E-state index in [9.17, 15) is 0 Å². The molecule has 0 atom stereocenters. The normalized spacial score (nSPS) is 11.6. The van der Waals surface area contributed by atoms with Crippen molar-refractivity contribution in [3.63, 3.8) is 0 Å². The fourth-order valence-electron chi connectivity index (χ4n) is 8.05. The lowest BCUT2D eigenvalue weighted by Crippen LogP contribution is -1.98. The molecule has 0 fully saturated rings. The van der Waals surface area contributed by atoms with E-state index in [1.54, 1.807) is 0 Å². The quantitative estimate of drug-likeness (QED) is 0.173. The van der Waals surface area contributed by atoms with E-state index in [4.69, 9.17) is 0 Å². The highest BCUT2D eigenvalue weighted by Crippen LogP contribution is 2.41. The number of hydrogen-bond donors (Lipinski definition) is 0. The Bertz CT molecular complexity index is 2220. The molecular weight excluding hydrogens is 579 g/mol. The monoisotopic (exact) mass is 625 g/mol. The molecule has 0 aliphatic heterocycles. The van der Waals surface area contributed by atoms with Crippen LogP contribution in [0, 0.1) is 48.5 Å². The third kappa shape index (κ3) is 5.36. The minimum absolute atomic E-state index is 1.03. The molecule has 0 saturated heterocycles. The van der Waals surface area contributed by atoms with Gasteiger partial charge in [-0.05, 0) is 164 Å². The van der Waals surface area contributed by atoms with Crippen LogP contribution in [0.5, 0.6) is 0 Å². The Morgan fingerprint density at radius 1 is 0.417 bits per heavy atom. The Morgan fingerprint density at radius 2 is 0.854 bits per heavy atom. The number of hydrogen-bond acceptors (Lipinski definition) is 0. The van der Waals surface area contributed by atoms with Crippen LogP contribution >= 0.6 is 0 Å². The van der Waals surface area contributed by atoms with Gasteiger partial charge in [0.05, 0.1) is 11.0 Å². The van der Waals surface area contributed by atoms with Gasteiger partial charge in [-0.15, -0.1) is 0 Å².